The summed E-state index contributed by atoms with van der Waals surface area (Å²) in [4.78, 5) is 11.3. The lowest BCUT2D eigenvalue weighted by molar-refractivity contribution is 0.0600. The second-order valence-electron chi connectivity index (χ2n) is 3.91. The molecule has 0 aromatic heterocycles. The molecule has 0 radical (unpaired) electrons. The van der Waals surface area contributed by atoms with Crippen LogP contribution in [-0.4, -0.2) is 34.6 Å². The van der Waals surface area contributed by atoms with Gasteiger partial charge in [-0.3, -0.25) is 0 Å². The van der Waals surface area contributed by atoms with Gasteiger partial charge < -0.3 is 10.5 Å². The topological polar surface area (TPSA) is 98.5 Å². The molecule has 1 aromatic carbocycles. The van der Waals surface area contributed by atoms with Crippen LogP contribution >= 0.6 is 12.4 Å². The second-order valence-corrected chi connectivity index (χ2v) is 5.68. The van der Waals surface area contributed by atoms with Crippen LogP contribution in [0.15, 0.2) is 29.2 Å². The maximum atomic E-state index is 11.9. The number of sulfonamides is 1. The van der Waals surface area contributed by atoms with E-state index in [1.807, 2.05) is 0 Å². The average Bonchev–Trinajstić information content (AvgIpc) is 2.43. The van der Waals surface area contributed by atoms with E-state index in [1.54, 1.807) is 0 Å². The van der Waals surface area contributed by atoms with Crippen LogP contribution in [0.1, 0.15) is 23.2 Å². The first-order chi connectivity index (χ1) is 9.01. The SMILES string of the molecule is COC(=O)c1ccc(S(=O)(=O)NCCCCN)cc1.Cl. The number of benzene rings is 1. The number of nitrogens with one attached hydrogen (secondary N) is 1. The molecule has 1 rings (SSSR count). The van der Waals surface area contributed by atoms with Crippen molar-refractivity contribution in [2.75, 3.05) is 20.2 Å². The molecule has 0 fully saturated rings. The molecule has 0 amide bonds. The molecule has 0 atom stereocenters. The molecule has 0 bridgehead atoms. The lowest BCUT2D eigenvalue weighted by Crippen LogP contribution is -2.25. The van der Waals surface area contributed by atoms with Gasteiger partial charge in [0, 0.05) is 6.54 Å². The van der Waals surface area contributed by atoms with Gasteiger partial charge in [0.1, 0.15) is 0 Å². The lowest BCUT2D eigenvalue weighted by atomic mass is 10.2. The van der Waals surface area contributed by atoms with E-state index in [0.29, 0.717) is 25.1 Å². The highest BCUT2D eigenvalue weighted by Gasteiger charge is 2.14. The van der Waals surface area contributed by atoms with Crippen molar-refractivity contribution in [3.8, 4) is 0 Å². The van der Waals surface area contributed by atoms with Gasteiger partial charge in [0.05, 0.1) is 17.6 Å². The molecule has 114 valence electrons. The van der Waals surface area contributed by atoms with Crippen molar-refractivity contribution in [1.82, 2.24) is 4.72 Å². The Bertz CT molecular complexity index is 517. The zero-order chi connectivity index (χ0) is 14.3. The van der Waals surface area contributed by atoms with E-state index in [4.69, 9.17) is 5.73 Å². The Morgan fingerprint density at radius 3 is 2.35 bits per heavy atom. The van der Waals surface area contributed by atoms with Gasteiger partial charge in [0.2, 0.25) is 10.0 Å². The Labute approximate surface area is 125 Å². The number of carbonyl (C=O) groups is 1. The first-order valence-corrected chi connectivity index (χ1v) is 7.37. The minimum atomic E-state index is -3.53. The average molecular weight is 323 g/mol. The fourth-order valence-electron chi connectivity index (χ4n) is 1.45. The van der Waals surface area contributed by atoms with Gasteiger partial charge in [0.25, 0.3) is 0 Å². The molecule has 0 spiro atoms. The minimum Gasteiger partial charge on any atom is -0.465 e. The first-order valence-electron chi connectivity index (χ1n) is 5.89. The molecule has 0 aliphatic rings. The highest BCUT2D eigenvalue weighted by atomic mass is 35.5. The van der Waals surface area contributed by atoms with E-state index in [2.05, 4.69) is 9.46 Å². The van der Waals surface area contributed by atoms with Crippen molar-refractivity contribution in [3.63, 3.8) is 0 Å². The molecule has 6 nitrogen and oxygen atoms in total. The molecule has 0 saturated heterocycles. The molecule has 1 aromatic rings. The third-order valence-corrected chi connectivity index (χ3v) is 3.99. The normalized spacial score (nSPS) is 10.7. The molecule has 20 heavy (non-hydrogen) atoms. The number of methoxy groups -OCH3 is 1. The van der Waals surface area contributed by atoms with Crippen molar-refractivity contribution in [2.24, 2.45) is 5.73 Å². The van der Waals surface area contributed by atoms with E-state index in [9.17, 15) is 13.2 Å². The van der Waals surface area contributed by atoms with Crippen molar-refractivity contribution in [1.29, 1.82) is 0 Å². The van der Waals surface area contributed by atoms with Gasteiger partial charge >= 0.3 is 5.97 Å². The van der Waals surface area contributed by atoms with E-state index in [0.717, 1.165) is 6.42 Å². The van der Waals surface area contributed by atoms with Crippen molar-refractivity contribution < 1.29 is 17.9 Å². The van der Waals surface area contributed by atoms with E-state index in [1.165, 1.54) is 31.4 Å². The number of nitrogens with two attached hydrogens (primary N) is 1. The Kier molecular flexibility index (Phi) is 8.40. The first kappa shape index (κ1) is 18.9. The smallest absolute Gasteiger partial charge is 0.337 e. The Morgan fingerprint density at radius 1 is 1.25 bits per heavy atom. The number of hydrogen-bond donors (Lipinski definition) is 2. The van der Waals surface area contributed by atoms with Gasteiger partial charge in [-0.05, 0) is 43.7 Å². The van der Waals surface area contributed by atoms with Crippen LogP contribution in [0.4, 0.5) is 0 Å². The summed E-state index contributed by atoms with van der Waals surface area (Å²) in [5, 5.41) is 0. The van der Waals surface area contributed by atoms with E-state index >= 15 is 0 Å². The maximum absolute atomic E-state index is 11.9. The molecule has 3 N–H and O–H groups in total. The minimum absolute atomic E-state index is 0. The zero-order valence-corrected chi connectivity index (χ0v) is 12.8. The summed E-state index contributed by atoms with van der Waals surface area (Å²) < 4.78 is 30.8. The van der Waals surface area contributed by atoms with Crippen LogP contribution in [0.25, 0.3) is 0 Å². The van der Waals surface area contributed by atoms with Crippen LogP contribution in [0.5, 0.6) is 0 Å². The van der Waals surface area contributed by atoms with Gasteiger partial charge in [0.15, 0.2) is 0 Å². The van der Waals surface area contributed by atoms with Crippen LogP contribution in [0, 0.1) is 0 Å². The zero-order valence-electron chi connectivity index (χ0n) is 11.2. The molecular weight excluding hydrogens is 304 g/mol. The highest BCUT2D eigenvalue weighted by molar-refractivity contribution is 7.89. The second kappa shape index (κ2) is 8.91. The summed E-state index contributed by atoms with van der Waals surface area (Å²) in [5.74, 6) is -0.500. The number of ether oxygens (including phenoxy) is 1. The summed E-state index contributed by atoms with van der Waals surface area (Å²) in [6.45, 7) is 0.883. The fraction of sp³-hybridized carbons (Fsp3) is 0.417. The molecular formula is C12H19ClN2O4S. The third kappa shape index (κ3) is 5.46. The summed E-state index contributed by atoms with van der Waals surface area (Å²) >= 11 is 0. The molecule has 8 heteroatoms. The molecule has 0 unspecified atom stereocenters. The predicted octanol–water partition coefficient (Wildman–Crippen LogP) is 0.912. The summed E-state index contributed by atoms with van der Waals surface area (Å²) in [7, 11) is -2.26. The largest absolute Gasteiger partial charge is 0.465 e. The van der Waals surface area contributed by atoms with Crippen LogP contribution in [-0.2, 0) is 14.8 Å². The number of hydrogen-bond acceptors (Lipinski definition) is 5. The highest BCUT2D eigenvalue weighted by Crippen LogP contribution is 2.11. The number of esters is 1. The standard InChI is InChI=1S/C12H18N2O4S.ClH/c1-18-12(15)10-4-6-11(7-5-10)19(16,17)14-9-3-2-8-13;/h4-7,14H,2-3,8-9,13H2,1H3;1H. The number of halogens is 1. The van der Waals surface area contributed by atoms with Crippen molar-refractivity contribution >= 4 is 28.4 Å². The van der Waals surface area contributed by atoms with Crippen molar-refractivity contribution in [2.45, 2.75) is 17.7 Å². The van der Waals surface area contributed by atoms with Crippen LogP contribution in [0.2, 0.25) is 0 Å². The van der Waals surface area contributed by atoms with Gasteiger partial charge in [-0.1, -0.05) is 0 Å². The monoisotopic (exact) mass is 322 g/mol. The molecule has 0 aliphatic carbocycles. The summed E-state index contributed by atoms with van der Waals surface area (Å²) in [6.07, 6.45) is 1.46. The molecule has 0 aliphatic heterocycles. The maximum Gasteiger partial charge on any atom is 0.337 e. The van der Waals surface area contributed by atoms with E-state index in [-0.39, 0.29) is 17.3 Å². The quantitative estimate of drug-likeness (QED) is 0.574. The van der Waals surface area contributed by atoms with Crippen LogP contribution in [0.3, 0.4) is 0 Å². The van der Waals surface area contributed by atoms with Gasteiger partial charge in [-0.25, -0.2) is 17.9 Å². The van der Waals surface area contributed by atoms with Crippen LogP contribution < -0.4 is 10.5 Å². The van der Waals surface area contributed by atoms with E-state index < -0.39 is 16.0 Å². The number of unbranched alkanes of at least 4 members (excludes halogenated alkanes) is 1. The molecule has 0 heterocycles. The number of rotatable bonds is 7. The number of carbonyl (C=O) groups excluding carboxylic acids is 1. The summed E-state index contributed by atoms with van der Waals surface area (Å²) in [5.41, 5.74) is 5.64. The molecule has 0 saturated carbocycles. The third-order valence-electron chi connectivity index (χ3n) is 2.51. The van der Waals surface area contributed by atoms with Crippen molar-refractivity contribution in [3.05, 3.63) is 29.8 Å². The summed E-state index contributed by atoms with van der Waals surface area (Å²) in [6, 6.07) is 5.58. The Morgan fingerprint density at radius 2 is 1.85 bits per heavy atom. The predicted molar refractivity (Wildman–Crippen MR) is 78.5 cm³/mol. The Balaban J connectivity index is 0.00000361. The Hall–Kier alpha value is -1.15. The van der Waals surface area contributed by atoms with Gasteiger partial charge in [-0.2, -0.15) is 0 Å². The fourth-order valence-corrected chi connectivity index (χ4v) is 2.52. The van der Waals surface area contributed by atoms with Gasteiger partial charge in [-0.15, -0.1) is 12.4 Å². The lowest BCUT2D eigenvalue weighted by Gasteiger charge is -2.07.